The van der Waals surface area contributed by atoms with Crippen LogP contribution in [0.25, 0.3) is 11.3 Å². The fourth-order valence-corrected chi connectivity index (χ4v) is 4.98. The third-order valence-corrected chi connectivity index (χ3v) is 7.03. The minimum atomic E-state index is 0.433. The summed E-state index contributed by atoms with van der Waals surface area (Å²) in [5.74, 6) is 1.55. The number of oxazole rings is 1. The lowest BCUT2D eigenvalue weighted by atomic mass is 9.89. The van der Waals surface area contributed by atoms with E-state index < -0.39 is 0 Å². The predicted octanol–water partition coefficient (Wildman–Crippen LogP) is 4.65. The molecule has 0 bridgehead atoms. The number of benzene rings is 1. The Morgan fingerprint density at radius 3 is 2.10 bits per heavy atom. The van der Waals surface area contributed by atoms with Crippen LogP contribution in [0.4, 0.5) is 5.69 Å². The van der Waals surface area contributed by atoms with Crippen molar-refractivity contribution < 1.29 is 9.15 Å². The Kier molecular flexibility index (Phi) is 5.60. The molecular formula is C24H33N3O2. The average molecular weight is 396 g/mol. The fraction of sp³-hybridized carbons (Fsp3) is 0.625. The molecule has 5 rings (SSSR count). The lowest BCUT2D eigenvalue weighted by Crippen LogP contribution is -2.47. The Bertz CT molecular complexity index is 783. The molecule has 1 aliphatic carbocycles. The van der Waals surface area contributed by atoms with Crippen LogP contribution in [-0.4, -0.2) is 54.3 Å². The first kappa shape index (κ1) is 19.1. The SMILES string of the molecule is Cc1ncc(-c2ccc(N3CCC(OC4CCN(C5CCC5)CC4)CC3)cc2)o1. The highest BCUT2D eigenvalue weighted by Crippen LogP contribution is 2.30. The van der Waals surface area contributed by atoms with E-state index in [9.17, 15) is 0 Å². The fourth-order valence-electron chi connectivity index (χ4n) is 4.98. The molecule has 0 spiro atoms. The minimum absolute atomic E-state index is 0.433. The van der Waals surface area contributed by atoms with Crippen molar-refractivity contribution in [2.75, 3.05) is 31.1 Å². The number of aryl methyl sites for hydroxylation is 1. The third-order valence-electron chi connectivity index (χ3n) is 7.03. The third kappa shape index (κ3) is 4.36. The maximum Gasteiger partial charge on any atom is 0.191 e. The van der Waals surface area contributed by atoms with Crippen LogP contribution in [0.1, 0.15) is 50.8 Å². The Labute approximate surface area is 174 Å². The van der Waals surface area contributed by atoms with Crippen molar-refractivity contribution in [3.63, 3.8) is 0 Å². The number of hydrogen-bond donors (Lipinski definition) is 0. The summed E-state index contributed by atoms with van der Waals surface area (Å²) in [6.07, 6.45) is 11.7. The maximum atomic E-state index is 6.50. The standard InChI is InChI=1S/C24H33N3O2/c1-18-25-17-24(28-18)19-5-7-21(8-6-19)27-15-11-23(12-16-27)29-22-9-13-26(14-10-22)20-3-2-4-20/h5-8,17,20,22-23H,2-4,9-16H2,1H3. The van der Waals surface area contributed by atoms with Crippen LogP contribution in [0.3, 0.4) is 0 Å². The summed E-state index contributed by atoms with van der Waals surface area (Å²) in [5.41, 5.74) is 2.37. The molecule has 2 saturated heterocycles. The zero-order valence-corrected chi connectivity index (χ0v) is 17.6. The van der Waals surface area contributed by atoms with Gasteiger partial charge in [0.05, 0.1) is 18.4 Å². The molecule has 2 aromatic rings. The smallest absolute Gasteiger partial charge is 0.191 e. The first-order chi connectivity index (χ1) is 14.2. The van der Waals surface area contributed by atoms with Gasteiger partial charge in [0.25, 0.3) is 0 Å². The summed E-state index contributed by atoms with van der Waals surface area (Å²) in [6.45, 7) is 6.51. The predicted molar refractivity (Wildman–Crippen MR) is 115 cm³/mol. The van der Waals surface area contributed by atoms with Crippen LogP contribution < -0.4 is 4.90 Å². The molecule has 1 aromatic carbocycles. The van der Waals surface area contributed by atoms with E-state index >= 15 is 0 Å². The van der Waals surface area contributed by atoms with E-state index in [-0.39, 0.29) is 0 Å². The van der Waals surface area contributed by atoms with Crippen molar-refractivity contribution >= 4 is 5.69 Å². The summed E-state index contributed by atoms with van der Waals surface area (Å²) in [7, 11) is 0. The second-order valence-corrected chi connectivity index (χ2v) is 8.93. The minimum Gasteiger partial charge on any atom is -0.441 e. The van der Waals surface area contributed by atoms with Gasteiger partial charge in [0, 0.05) is 50.4 Å². The molecule has 0 unspecified atom stereocenters. The van der Waals surface area contributed by atoms with Gasteiger partial charge in [-0.2, -0.15) is 0 Å². The zero-order valence-electron chi connectivity index (χ0n) is 17.6. The molecule has 1 aromatic heterocycles. The van der Waals surface area contributed by atoms with Crippen LogP contribution in [0, 0.1) is 6.92 Å². The first-order valence-electron chi connectivity index (χ1n) is 11.4. The van der Waals surface area contributed by atoms with Crippen molar-refractivity contribution in [2.45, 2.75) is 70.1 Å². The molecule has 5 nitrogen and oxygen atoms in total. The summed E-state index contributed by atoms with van der Waals surface area (Å²) in [6, 6.07) is 9.55. The van der Waals surface area contributed by atoms with Gasteiger partial charge in [-0.25, -0.2) is 4.98 Å². The van der Waals surface area contributed by atoms with Crippen molar-refractivity contribution in [3.8, 4) is 11.3 Å². The van der Waals surface area contributed by atoms with Crippen LogP contribution in [0.2, 0.25) is 0 Å². The molecule has 3 aliphatic rings. The summed E-state index contributed by atoms with van der Waals surface area (Å²) in [5, 5.41) is 0. The molecule has 0 N–H and O–H groups in total. The van der Waals surface area contributed by atoms with Gasteiger partial charge in [-0.05, 0) is 62.8 Å². The first-order valence-corrected chi connectivity index (χ1v) is 11.4. The molecule has 3 heterocycles. The number of ether oxygens (including phenoxy) is 1. The molecule has 0 atom stereocenters. The van der Waals surface area contributed by atoms with E-state index in [1.165, 1.54) is 50.9 Å². The number of rotatable bonds is 5. The van der Waals surface area contributed by atoms with Gasteiger partial charge in [0.15, 0.2) is 11.7 Å². The second-order valence-electron chi connectivity index (χ2n) is 8.93. The van der Waals surface area contributed by atoms with Crippen LogP contribution in [-0.2, 0) is 4.74 Å². The number of hydrogen-bond acceptors (Lipinski definition) is 5. The Hall–Kier alpha value is -1.85. The van der Waals surface area contributed by atoms with Gasteiger partial charge in [0.1, 0.15) is 0 Å². The van der Waals surface area contributed by atoms with E-state index in [0.717, 1.165) is 43.3 Å². The highest BCUT2D eigenvalue weighted by Gasteiger charge is 2.30. The average Bonchev–Trinajstić information content (AvgIpc) is 3.15. The zero-order chi connectivity index (χ0) is 19.6. The molecule has 156 valence electrons. The molecule has 2 aliphatic heterocycles. The highest BCUT2D eigenvalue weighted by atomic mass is 16.5. The monoisotopic (exact) mass is 395 g/mol. The Balaban J connectivity index is 1.08. The molecular weight excluding hydrogens is 362 g/mol. The number of likely N-dealkylation sites (tertiary alicyclic amines) is 1. The van der Waals surface area contributed by atoms with E-state index in [1.807, 2.05) is 6.92 Å². The van der Waals surface area contributed by atoms with Gasteiger partial charge in [-0.15, -0.1) is 0 Å². The van der Waals surface area contributed by atoms with Crippen molar-refractivity contribution in [1.82, 2.24) is 9.88 Å². The quantitative estimate of drug-likeness (QED) is 0.737. The molecule has 1 saturated carbocycles. The normalized spacial score (nSPS) is 22.7. The number of anilines is 1. The van der Waals surface area contributed by atoms with Gasteiger partial charge in [-0.3, -0.25) is 0 Å². The summed E-state index contributed by atoms with van der Waals surface area (Å²) >= 11 is 0. The molecule has 29 heavy (non-hydrogen) atoms. The lowest BCUT2D eigenvalue weighted by molar-refractivity contribution is -0.0598. The number of nitrogens with zero attached hydrogens (tertiary/aromatic N) is 3. The van der Waals surface area contributed by atoms with Crippen LogP contribution >= 0.6 is 0 Å². The van der Waals surface area contributed by atoms with Gasteiger partial charge < -0.3 is 19.0 Å². The van der Waals surface area contributed by atoms with E-state index in [1.54, 1.807) is 6.20 Å². The van der Waals surface area contributed by atoms with Gasteiger partial charge >= 0.3 is 0 Å². The van der Waals surface area contributed by atoms with E-state index in [0.29, 0.717) is 18.1 Å². The molecule has 3 fully saturated rings. The Morgan fingerprint density at radius 1 is 0.897 bits per heavy atom. The summed E-state index contributed by atoms with van der Waals surface area (Å²) in [4.78, 5) is 9.37. The number of aromatic nitrogens is 1. The lowest BCUT2D eigenvalue weighted by Gasteiger charge is -2.43. The Morgan fingerprint density at radius 2 is 1.55 bits per heavy atom. The second kappa shape index (κ2) is 8.49. The summed E-state index contributed by atoms with van der Waals surface area (Å²) < 4.78 is 12.1. The van der Waals surface area contributed by atoms with Crippen molar-refractivity contribution in [2.24, 2.45) is 0 Å². The molecule has 0 radical (unpaired) electrons. The van der Waals surface area contributed by atoms with Gasteiger partial charge in [-0.1, -0.05) is 6.42 Å². The van der Waals surface area contributed by atoms with Crippen LogP contribution in [0.5, 0.6) is 0 Å². The topological polar surface area (TPSA) is 41.7 Å². The highest BCUT2D eigenvalue weighted by molar-refractivity contribution is 5.61. The van der Waals surface area contributed by atoms with E-state index in [4.69, 9.17) is 9.15 Å². The van der Waals surface area contributed by atoms with Crippen molar-refractivity contribution in [3.05, 3.63) is 36.4 Å². The molecule has 0 amide bonds. The van der Waals surface area contributed by atoms with E-state index in [2.05, 4.69) is 39.0 Å². The van der Waals surface area contributed by atoms with Crippen LogP contribution in [0.15, 0.2) is 34.9 Å². The number of piperidine rings is 2. The molecule has 5 heteroatoms. The maximum absolute atomic E-state index is 6.50. The van der Waals surface area contributed by atoms with Gasteiger partial charge in [0.2, 0.25) is 0 Å². The largest absolute Gasteiger partial charge is 0.441 e. The van der Waals surface area contributed by atoms with Crippen molar-refractivity contribution in [1.29, 1.82) is 0 Å².